The molecule has 100 valence electrons. The Morgan fingerprint density at radius 3 is 2.68 bits per heavy atom. The van der Waals surface area contributed by atoms with Crippen molar-refractivity contribution in [3.63, 3.8) is 0 Å². The Kier molecular flexibility index (Phi) is 3.79. The molecule has 0 aliphatic carbocycles. The first-order valence-corrected chi connectivity index (χ1v) is 7.34. The molecule has 1 aliphatic heterocycles. The lowest BCUT2D eigenvalue weighted by atomic mass is 9.97. The number of piperidine rings is 1. The standard InChI is InChI=1S/C13H17N5S/c1-18-12(10-2-6-14-7-3-10)16-17-13(18)19-11-4-8-15-9-5-11/h4-5,8-10,14H,2-3,6-7H2,1H3. The fraction of sp³-hybridized carbons (Fsp3) is 0.462. The second-order valence-corrected chi connectivity index (χ2v) is 5.75. The van der Waals surface area contributed by atoms with E-state index in [4.69, 9.17) is 0 Å². The van der Waals surface area contributed by atoms with Crippen LogP contribution in [0.2, 0.25) is 0 Å². The molecule has 0 spiro atoms. The van der Waals surface area contributed by atoms with Crippen LogP contribution in [-0.2, 0) is 7.05 Å². The van der Waals surface area contributed by atoms with Gasteiger partial charge in [0, 0.05) is 30.3 Å². The van der Waals surface area contributed by atoms with Gasteiger partial charge in [-0.3, -0.25) is 4.98 Å². The number of hydrogen-bond donors (Lipinski definition) is 1. The van der Waals surface area contributed by atoms with Crippen molar-refractivity contribution in [3.8, 4) is 0 Å². The fourth-order valence-corrected chi connectivity index (χ4v) is 3.14. The molecule has 0 atom stereocenters. The molecule has 0 saturated carbocycles. The first kappa shape index (κ1) is 12.6. The van der Waals surface area contributed by atoms with Crippen LogP contribution in [0.15, 0.2) is 34.6 Å². The highest BCUT2D eigenvalue weighted by atomic mass is 32.2. The average Bonchev–Trinajstić information content (AvgIpc) is 2.82. The van der Waals surface area contributed by atoms with Crippen LogP contribution < -0.4 is 5.32 Å². The van der Waals surface area contributed by atoms with Gasteiger partial charge < -0.3 is 9.88 Å². The maximum atomic E-state index is 4.38. The van der Waals surface area contributed by atoms with Crippen LogP contribution in [0, 0.1) is 0 Å². The van der Waals surface area contributed by atoms with Crippen molar-refractivity contribution in [1.82, 2.24) is 25.1 Å². The van der Waals surface area contributed by atoms with Crippen LogP contribution in [0.1, 0.15) is 24.6 Å². The van der Waals surface area contributed by atoms with Crippen LogP contribution in [0.25, 0.3) is 0 Å². The predicted molar refractivity (Wildman–Crippen MR) is 74.2 cm³/mol. The first-order chi connectivity index (χ1) is 9.34. The molecule has 1 fully saturated rings. The molecule has 0 unspecified atom stereocenters. The van der Waals surface area contributed by atoms with Crippen LogP contribution in [0.3, 0.4) is 0 Å². The lowest BCUT2D eigenvalue weighted by molar-refractivity contribution is 0.434. The molecule has 3 rings (SSSR count). The maximum absolute atomic E-state index is 4.38. The summed E-state index contributed by atoms with van der Waals surface area (Å²) in [6.07, 6.45) is 5.89. The van der Waals surface area contributed by atoms with E-state index < -0.39 is 0 Å². The van der Waals surface area contributed by atoms with Gasteiger partial charge in [0.25, 0.3) is 0 Å². The smallest absolute Gasteiger partial charge is 0.195 e. The molecule has 3 heterocycles. The quantitative estimate of drug-likeness (QED) is 0.926. The molecule has 19 heavy (non-hydrogen) atoms. The molecule has 6 heteroatoms. The number of rotatable bonds is 3. The molecule has 0 aromatic carbocycles. The molecule has 1 N–H and O–H groups in total. The van der Waals surface area contributed by atoms with Gasteiger partial charge in [-0.2, -0.15) is 0 Å². The summed E-state index contributed by atoms with van der Waals surface area (Å²) in [4.78, 5) is 5.17. The van der Waals surface area contributed by atoms with Crippen LogP contribution in [0.4, 0.5) is 0 Å². The molecular weight excluding hydrogens is 258 g/mol. The summed E-state index contributed by atoms with van der Waals surface area (Å²) < 4.78 is 2.13. The van der Waals surface area contributed by atoms with Crippen molar-refractivity contribution in [2.24, 2.45) is 7.05 Å². The first-order valence-electron chi connectivity index (χ1n) is 6.52. The van der Waals surface area contributed by atoms with Crippen LogP contribution >= 0.6 is 11.8 Å². The number of pyridine rings is 1. The second kappa shape index (κ2) is 5.71. The minimum Gasteiger partial charge on any atom is -0.317 e. The van der Waals surface area contributed by atoms with E-state index in [1.54, 1.807) is 24.2 Å². The zero-order valence-electron chi connectivity index (χ0n) is 10.9. The van der Waals surface area contributed by atoms with E-state index in [-0.39, 0.29) is 0 Å². The topological polar surface area (TPSA) is 55.6 Å². The van der Waals surface area contributed by atoms with E-state index in [0.717, 1.165) is 41.8 Å². The normalized spacial score (nSPS) is 16.7. The maximum Gasteiger partial charge on any atom is 0.195 e. The fourth-order valence-electron chi connectivity index (χ4n) is 2.36. The summed E-state index contributed by atoms with van der Waals surface area (Å²) in [6, 6.07) is 3.98. The summed E-state index contributed by atoms with van der Waals surface area (Å²) in [5.41, 5.74) is 0. The van der Waals surface area contributed by atoms with Gasteiger partial charge in [0.15, 0.2) is 5.16 Å². The monoisotopic (exact) mass is 275 g/mol. The SMILES string of the molecule is Cn1c(Sc2ccncc2)nnc1C1CCNCC1. The minimum atomic E-state index is 0.533. The second-order valence-electron chi connectivity index (χ2n) is 4.71. The number of nitrogens with zero attached hydrogens (tertiary/aromatic N) is 4. The third-order valence-corrected chi connectivity index (χ3v) is 4.48. The van der Waals surface area contributed by atoms with Crippen molar-refractivity contribution in [2.75, 3.05) is 13.1 Å². The van der Waals surface area contributed by atoms with Crippen molar-refractivity contribution >= 4 is 11.8 Å². The summed E-state index contributed by atoms with van der Waals surface area (Å²) >= 11 is 1.63. The molecule has 1 aliphatic rings. The van der Waals surface area contributed by atoms with Gasteiger partial charge in [-0.05, 0) is 49.8 Å². The lowest BCUT2D eigenvalue weighted by Crippen LogP contribution is -2.27. The Bertz CT molecular complexity index is 533. The Hall–Kier alpha value is -1.40. The van der Waals surface area contributed by atoms with Crippen molar-refractivity contribution in [2.45, 2.75) is 28.8 Å². The number of aromatic nitrogens is 4. The Morgan fingerprint density at radius 1 is 1.21 bits per heavy atom. The average molecular weight is 275 g/mol. The Morgan fingerprint density at radius 2 is 1.95 bits per heavy atom. The molecule has 0 bridgehead atoms. The highest BCUT2D eigenvalue weighted by Crippen LogP contribution is 2.29. The lowest BCUT2D eigenvalue weighted by Gasteiger charge is -2.21. The van der Waals surface area contributed by atoms with Gasteiger partial charge in [0.05, 0.1) is 0 Å². The minimum absolute atomic E-state index is 0.533. The third-order valence-electron chi connectivity index (χ3n) is 3.43. The zero-order chi connectivity index (χ0) is 13.1. The molecule has 2 aromatic heterocycles. The van der Waals surface area contributed by atoms with Gasteiger partial charge in [0.1, 0.15) is 5.82 Å². The van der Waals surface area contributed by atoms with E-state index in [0.29, 0.717) is 5.92 Å². The summed E-state index contributed by atoms with van der Waals surface area (Å²) in [5.74, 6) is 1.64. The van der Waals surface area contributed by atoms with Crippen molar-refractivity contribution < 1.29 is 0 Å². The van der Waals surface area contributed by atoms with Gasteiger partial charge in [-0.1, -0.05) is 0 Å². The molecular formula is C13H17N5S. The van der Waals surface area contributed by atoms with Gasteiger partial charge in [-0.25, -0.2) is 0 Å². The van der Waals surface area contributed by atoms with Crippen molar-refractivity contribution in [3.05, 3.63) is 30.4 Å². The van der Waals surface area contributed by atoms with Gasteiger partial charge in [0.2, 0.25) is 0 Å². The summed E-state index contributed by atoms with van der Waals surface area (Å²) in [6.45, 7) is 2.15. The highest BCUT2D eigenvalue weighted by molar-refractivity contribution is 7.99. The number of hydrogen-bond acceptors (Lipinski definition) is 5. The van der Waals surface area contributed by atoms with Gasteiger partial charge >= 0.3 is 0 Å². The van der Waals surface area contributed by atoms with E-state index in [9.17, 15) is 0 Å². The Labute approximate surface area is 116 Å². The summed E-state index contributed by atoms with van der Waals surface area (Å²) in [5, 5.41) is 13.0. The molecule has 5 nitrogen and oxygen atoms in total. The predicted octanol–water partition coefficient (Wildman–Crippen LogP) is 1.83. The zero-order valence-corrected chi connectivity index (χ0v) is 11.7. The van der Waals surface area contributed by atoms with Crippen LogP contribution in [-0.4, -0.2) is 32.8 Å². The largest absolute Gasteiger partial charge is 0.317 e. The Balaban J connectivity index is 1.78. The highest BCUT2D eigenvalue weighted by Gasteiger charge is 2.21. The van der Waals surface area contributed by atoms with E-state index in [1.807, 2.05) is 12.1 Å². The molecule has 2 aromatic rings. The van der Waals surface area contributed by atoms with E-state index in [1.165, 1.54) is 0 Å². The molecule has 1 saturated heterocycles. The van der Waals surface area contributed by atoms with E-state index >= 15 is 0 Å². The van der Waals surface area contributed by atoms with E-state index in [2.05, 4.69) is 32.1 Å². The van der Waals surface area contributed by atoms with Crippen LogP contribution in [0.5, 0.6) is 0 Å². The number of nitrogens with one attached hydrogen (secondary N) is 1. The summed E-state index contributed by atoms with van der Waals surface area (Å²) in [7, 11) is 2.06. The third kappa shape index (κ3) is 2.79. The van der Waals surface area contributed by atoms with Crippen molar-refractivity contribution in [1.29, 1.82) is 0 Å². The molecule has 0 radical (unpaired) electrons. The molecule has 0 amide bonds. The van der Waals surface area contributed by atoms with Gasteiger partial charge in [-0.15, -0.1) is 10.2 Å².